The normalized spacial score (nSPS) is 19.2. The Labute approximate surface area is 702 Å². The lowest BCUT2D eigenvalue weighted by Gasteiger charge is -2.28. The number of nitrogens with one attached hydrogen (secondary N) is 11. The predicted octanol–water partition coefficient (Wildman–Crippen LogP) is 0.192. The van der Waals surface area contributed by atoms with Crippen LogP contribution in [0.2, 0.25) is 0 Å². The number of aliphatic hydroxyl groups excluding tert-OH is 3. The Morgan fingerprint density at radius 3 is 1.91 bits per heavy atom. The second-order valence-corrected chi connectivity index (χ2v) is 32.2. The summed E-state index contributed by atoms with van der Waals surface area (Å²) in [7, 11) is 4.63. The van der Waals surface area contributed by atoms with Crippen LogP contribution >= 0.6 is 33.3 Å². The van der Waals surface area contributed by atoms with Gasteiger partial charge in [0.25, 0.3) is 5.91 Å². The predicted molar refractivity (Wildman–Crippen MR) is 453 cm³/mol. The molecule has 3 heterocycles. The van der Waals surface area contributed by atoms with Crippen molar-refractivity contribution in [2.24, 2.45) is 28.9 Å². The summed E-state index contributed by atoms with van der Waals surface area (Å²) in [5, 5.41) is 65.5. The first-order valence-electron chi connectivity index (χ1n) is 39.3. The van der Waals surface area contributed by atoms with E-state index in [4.69, 9.17) is 32.8 Å². The molecule has 119 heavy (non-hydrogen) atoms. The Balaban J connectivity index is 1.17. The molecule has 35 nitrogen and oxygen atoms in total. The van der Waals surface area contributed by atoms with Crippen molar-refractivity contribution < 1.29 is 77.6 Å². The molecule has 22 N–H and O–H groups in total. The summed E-state index contributed by atoms with van der Waals surface area (Å²) in [6.45, 7) is 4.30. The average Bonchev–Trinajstić information content (AvgIpc) is 1.63. The number of fused-ring (bicyclic) bond motifs is 1. The van der Waals surface area contributed by atoms with Crippen molar-refractivity contribution in [3.63, 3.8) is 0 Å². The lowest BCUT2D eigenvalue weighted by Crippen LogP contribution is -2.61. The maximum atomic E-state index is 15.4. The fourth-order valence-electron chi connectivity index (χ4n) is 12.6. The minimum Gasteiger partial charge on any atom is -0.395 e. The Kier molecular flexibility index (Phi) is 40.1. The lowest BCUT2D eigenvalue weighted by molar-refractivity contribution is -0.136. The highest BCUT2D eigenvalue weighted by Gasteiger charge is 2.38. The third-order valence-corrected chi connectivity index (χ3v) is 22.3. The molecule has 0 saturated carbocycles. The zero-order chi connectivity index (χ0) is 86.5. The van der Waals surface area contributed by atoms with Crippen molar-refractivity contribution in [2.45, 2.75) is 168 Å². The molecule has 0 bridgehead atoms. The van der Waals surface area contributed by atoms with Gasteiger partial charge in [0.1, 0.15) is 54.4 Å². The number of aromatic nitrogens is 3. The molecule has 0 unspecified atom stereocenters. The summed E-state index contributed by atoms with van der Waals surface area (Å²) in [6, 6.07) is 19.2. The van der Waals surface area contributed by atoms with Crippen molar-refractivity contribution in [2.75, 3.05) is 71.8 Å². The van der Waals surface area contributed by atoms with Crippen LogP contribution in [0.1, 0.15) is 111 Å². The topological polar surface area (TPSA) is 545 Å². The van der Waals surface area contributed by atoms with Gasteiger partial charge in [-0.3, -0.25) is 57.7 Å². The van der Waals surface area contributed by atoms with Crippen LogP contribution in [-0.4, -0.2) is 244 Å². The Morgan fingerprint density at radius 1 is 0.664 bits per heavy atom. The van der Waals surface area contributed by atoms with E-state index in [1.165, 1.54) is 53.0 Å². The number of benzene rings is 4. The third-order valence-electron chi connectivity index (χ3n) is 18.9. The van der Waals surface area contributed by atoms with Crippen molar-refractivity contribution in [3.05, 3.63) is 155 Å². The molecule has 1 saturated heterocycles. The Hall–Kier alpha value is -10.4. The standard InChI is InChI=1S/C81H111N19O16S3/c1-48(2)43-64-77(111)91-59(26-32-82)72(106)90-62(29-35-85)76(110)97-69(49(3)102)79(113)88-37-30-63(75(109)89-60(27-33-83)74(108)95-65(78(112)94-64)44-51-15-7-6-8-16-51)92-73(107)61(28-34-84)93-80(114)70(50(4)103)96-68(104)31-38-99(39-41-116-46-52-17-9-10-18-53(52)47-118-117-42-40-101)81(115)100-66-45-55(119-67-21-12-11-20-57(67)71(105)86-5)23-24-56(66)58(98-100)25-22-54-19-13-14-36-87-54/h6-25,36,45,48-50,59-65,69-70,101-103H,26-35,37-44,46-47,82-85H2,1-5H3,(H,86,105)(H,88,113)(H,89,109)(H,90,106)(H,91,111)(H,92,107)(H,93,114)(H,94,112)(H,95,108)(H,96,104)(H,97,110)/b25-22+/t49-,50-,59-,60-,61-,62-,63+,64-,65-,69-,70+/m1/s1. The lowest BCUT2D eigenvalue weighted by atomic mass is 10.00. The van der Waals surface area contributed by atoms with E-state index in [0.29, 0.717) is 54.7 Å². The fourth-order valence-corrected chi connectivity index (χ4v) is 15.5. The van der Waals surface area contributed by atoms with Gasteiger partial charge in [0.15, 0.2) is 0 Å². The van der Waals surface area contributed by atoms with Crippen LogP contribution in [0.15, 0.2) is 131 Å². The van der Waals surface area contributed by atoms with Gasteiger partial charge in [0.05, 0.1) is 54.5 Å². The number of hydrogen-bond donors (Lipinski definition) is 18. The fraction of sp³-hybridized carbons (Fsp3) is 0.457. The smallest absolute Gasteiger partial charge is 0.345 e. The zero-order valence-electron chi connectivity index (χ0n) is 67.2. The number of aliphatic hydroxyl groups is 3. The van der Waals surface area contributed by atoms with Crippen LogP contribution in [0.3, 0.4) is 0 Å². The number of amides is 12. The molecule has 4 aromatic carbocycles. The molecule has 2 aromatic heterocycles. The number of ether oxygens (including phenoxy) is 1. The van der Waals surface area contributed by atoms with Crippen LogP contribution in [-0.2, 0) is 71.5 Å². The summed E-state index contributed by atoms with van der Waals surface area (Å²) in [6.07, 6.45) is -0.281. The third kappa shape index (κ3) is 30.1. The highest BCUT2D eigenvalue weighted by molar-refractivity contribution is 8.76. The van der Waals surface area contributed by atoms with Gasteiger partial charge in [-0.15, -0.1) is 0 Å². The van der Waals surface area contributed by atoms with E-state index in [0.717, 1.165) is 11.1 Å². The van der Waals surface area contributed by atoms with Crippen LogP contribution in [0.4, 0.5) is 4.79 Å². The summed E-state index contributed by atoms with van der Waals surface area (Å²) >= 11 is 1.29. The number of rotatable bonds is 37. The minimum absolute atomic E-state index is 0.0205. The van der Waals surface area contributed by atoms with Gasteiger partial charge in [-0.1, -0.05) is 120 Å². The number of pyridine rings is 1. The molecule has 1 aliphatic rings. The number of nitrogens with zero attached hydrogens (tertiary/aromatic N) is 4. The highest BCUT2D eigenvalue weighted by Crippen LogP contribution is 2.34. The molecule has 0 spiro atoms. The maximum absolute atomic E-state index is 15.4. The Bertz CT molecular complexity index is 4410. The molecule has 6 aromatic rings. The van der Waals surface area contributed by atoms with Crippen LogP contribution in [0, 0.1) is 5.92 Å². The molecular weight excluding hydrogens is 1590 g/mol. The molecule has 7 rings (SSSR count). The van der Waals surface area contributed by atoms with Crippen molar-refractivity contribution in [3.8, 4) is 0 Å². The van der Waals surface area contributed by atoms with Gasteiger partial charge in [-0.25, -0.2) is 4.79 Å². The molecular formula is C81H111N19O16S3. The summed E-state index contributed by atoms with van der Waals surface area (Å²) < 4.78 is 7.46. The van der Waals surface area contributed by atoms with E-state index >= 15 is 4.79 Å². The maximum Gasteiger partial charge on any atom is 0.345 e. The molecule has 0 aliphatic carbocycles. The molecule has 0 radical (unpaired) electrons. The van der Waals surface area contributed by atoms with Gasteiger partial charge in [0, 0.05) is 72.4 Å². The van der Waals surface area contributed by atoms with Gasteiger partial charge < -0.3 is 106 Å². The second kappa shape index (κ2) is 49.9. The monoisotopic (exact) mass is 1700 g/mol. The Morgan fingerprint density at radius 2 is 1.28 bits per heavy atom. The number of carbonyl (C=O) groups excluding carboxylic acids is 12. The second-order valence-electron chi connectivity index (χ2n) is 28.5. The molecule has 11 atom stereocenters. The highest BCUT2D eigenvalue weighted by atomic mass is 33.1. The van der Waals surface area contributed by atoms with Crippen molar-refractivity contribution >= 4 is 127 Å². The van der Waals surface area contributed by atoms with Crippen LogP contribution in [0.25, 0.3) is 23.1 Å². The van der Waals surface area contributed by atoms with E-state index in [-0.39, 0.29) is 109 Å². The number of hydrogen-bond acceptors (Lipinski definition) is 25. The molecule has 644 valence electrons. The molecule has 12 amide bonds. The van der Waals surface area contributed by atoms with E-state index in [2.05, 4.69) is 63.5 Å². The largest absolute Gasteiger partial charge is 0.395 e. The molecule has 1 aliphatic heterocycles. The average molecular weight is 1700 g/mol. The van der Waals surface area contributed by atoms with Gasteiger partial charge >= 0.3 is 6.03 Å². The van der Waals surface area contributed by atoms with Gasteiger partial charge in [-0.05, 0) is 156 Å². The van der Waals surface area contributed by atoms with Crippen molar-refractivity contribution in [1.82, 2.24) is 78.1 Å². The SMILES string of the molecule is CNC(=O)c1ccccc1Sc1ccc2c(/C=C/c3ccccn3)nn(C(=O)N(CCOCc3ccccc3CSSCCO)CCC(=O)N[C@H](C(=O)N[C@H](CCN)C(=O)N[C@H]3CCNC(=O)[C@@H]([C@@H](C)O)NC(=O)[C@@H](CCN)NC(=O)[C@@H](CCN)NC(=O)[C@@H](CC(C)C)NC(=O)[C@@H](Cc4ccccc4)NC(=O)[C@@H](CCN)NC3=O)[C@@H](C)O)c2c1. The first-order chi connectivity index (χ1) is 57.2. The van der Waals surface area contributed by atoms with Crippen LogP contribution in [0.5, 0.6) is 0 Å². The summed E-state index contributed by atoms with van der Waals surface area (Å²) in [4.78, 5) is 180. The van der Waals surface area contributed by atoms with E-state index < -0.39 is 151 Å². The van der Waals surface area contributed by atoms with E-state index in [1.54, 1.807) is 122 Å². The number of carbonyl (C=O) groups is 12. The minimum atomic E-state index is -1.79. The zero-order valence-corrected chi connectivity index (χ0v) is 69.7. The molecule has 38 heteroatoms. The quantitative estimate of drug-likeness (QED) is 0.0183. The van der Waals surface area contributed by atoms with E-state index in [9.17, 15) is 68.1 Å². The molecule has 1 fully saturated rings. The van der Waals surface area contributed by atoms with Crippen molar-refractivity contribution in [1.29, 1.82) is 0 Å². The first-order valence-corrected chi connectivity index (χ1v) is 42.6. The van der Waals surface area contributed by atoms with E-state index in [1.807, 2.05) is 36.4 Å². The van der Waals surface area contributed by atoms with Crippen LogP contribution < -0.4 is 81.4 Å². The van der Waals surface area contributed by atoms with Gasteiger partial charge in [-0.2, -0.15) is 9.78 Å². The summed E-state index contributed by atoms with van der Waals surface area (Å²) in [5.74, 6) is -8.97. The number of nitrogens with two attached hydrogens (primary N) is 4. The van der Waals surface area contributed by atoms with Gasteiger partial charge in [0.2, 0.25) is 59.1 Å². The summed E-state index contributed by atoms with van der Waals surface area (Å²) in [5.41, 5.74) is 28.1. The first kappa shape index (κ1) is 95.7.